The average Bonchev–Trinajstić information content (AvgIpc) is 2.36. The summed E-state index contributed by atoms with van der Waals surface area (Å²) in [4.78, 5) is 10.5. The largest absolute Gasteiger partial charge is 0.465 e. The molecule has 1 fully saturated rings. The maximum Gasteiger partial charge on any atom is 0.405 e. The molecule has 0 bridgehead atoms. The zero-order valence-electron chi connectivity index (χ0n) is 7.30. The van der Waals surface area contributed by atoms with Crippen LogP contribution in [-0.2, 0) is 4.74 Å². The van der Waals surface area contributed by atoms with Crippen molar-refractivity contribution in [3.05, 3.63) is 0 Å². The maximum atomic E-state index is 10.5. The van der Waals surface area contributed by atoms with Crippen LogP contribution in [0.1, 0.15) is 25.7 Å². The zero-order valence-corrected chi connectivity index (χ0v) is 7.30. The Labute approximate surface area is 71.9 Å². The van der Waals surface area contributed by atoms with Crippen LogP contribution in [-0.4, -0.2) is 30.5 Å². The molecule has 0 heterocycles. The normalized spacial score (nSPS) is 20.8. The monoisotopic (exact) mass is 173 g/mol. The van der Waals surface area contributed by atoms with Crippen LogP contribution >= 0.6 is 0 Å². The lowest BCUT2D eigenvalue weighted by Gasteiger charge is -2.27. The van der Waals surface area contributed by atoms with Gasteiger partial charge in [-0.3, -0.25) is 0 Å². The lowest BCUT2D eigenvalue weighted by Crippen LogP contribution is -2.49. The fraction of sp³-hybridized carbons (Fsp3) is 0.875. The number of hydrogen-bond acceptors (Lipinski definition) is 2. The molecule has 1 rings (SSSR count). The summed E-state index contributed by atoms with van der Waals surface area (Å²) < 4.78 is 5.00. The van der Waals surface area contributed by atoms with Gasteiger partial charge in [-0.2, -0.15) is 0 Å². The van der Waals surface area contributed by atoms with Crippen molar-refractivity contribution >= 4 is 6.09 Å². The Balaban J connectivity index is 2.52. The van der Waals surface area contributed by atoms with Crippen molar-refractivity contribution in [2.75, 3.05) is 13.7 Å². The number of carbonyl (C=O) groups is 1. The van der Waals surface area contributed by atoms with Crippen LogP contribution < -0.4 is 5.32 Å². The van der Waals surface area contributed by atoms with Gasteiger partial charge < -0.3 is 15.2 Å². The predicted molar refractivity (Wildman–Crippen MR) is 44.2 cm³/mol. The van der Waals surface area contributed by atoms with E-state index in [4.69, 9.17) is 9.84 Å². The Bertz CT molecular complexity index is 164. The van der Waals surface area contributed by atoms with Crippen molar-refractivity contribution in [3.8, 4) is 0 Å². The topological polar surface area (TPSA) is 58.6 Å². The number of ether oxygens (including phenoxy) is 1. The Morgan fingerprint density at radius 2 is 2.17 bits per heavy atom. The van der Waals surface area contributed by atoms with Crippen LogP contribution in [0.25, 0.3) is 0 Å². The summed E-state index contributed by atoms with van der Waals surface area (Å²) in [6, 6.07) is 0. The molecule has 0 saturated heterocycles. The Kier molecular flexibility index (Phi) is 2.92. The van der Waals surface area contributed by atoms with E-state index < -0.39 is 6.09 Å². The van der Waals surface area contributed by atoms with Crippen LogP contribution in [0.2, 0.25) is 0 Å². The second-order valence-electron chi connectivity index (χ2n) is 3.35. The van der Waals surface area contributed by atoms with Crippen molar-refractivity contribution in [1.29, 1.82) is 0 Å². The Morgan fingerprint density at radius 3 is 2.58 bits per heavy atom. The molecular formula is C8H15NO3. The van der Waals surface area contributed by atoms with E-state index >= 15 is 0 Å². The molecule has 1 aliphatic carbocycles. The summed E-state index contributed by atoms with van der Waals surface area (Å²) in [6.07, 6.45) is 3.02. The summed E-state index contributed by atoms with van der Waals surface area (Å²) in [5.74, 6) is 0. The van der Waals surface area contributed by atoms with E-state index in [0.717, 1.165) is 25.7 Å². The van der Waals surface area contributed by atoms with Gasteiger partial charge in [-0.15, -0.1) is 0 Å². The zero-order chi connectivity index (χ0) is 9.03. The molecule has 0 spiro atoms. The fourth-order valence-electron chi connectivity index (χ4n) is 1.86. The molecule has 0 aromatic carbocycles. The minimum atomic E-state index is -0.950. The molecule has 0 atom stereocenters. The van der Waals surface area contributed by atoms with Gasteiger partial charge >= 0.3 is 6.09 Å². The minimum absolute atomic E-state index is 0.305. The summed E-state index contributed by atoms with van der Waals surface area (Å²) in [7, 11) is 1.60. The standard InChI is InChI=1S/C8H15NO3/c1-12-6-8(9-7(10)11)4-2-3-5-8/h9H,2-6H2,1H3,(H,10,11). The van der Waals surface area contributed by atoms with Gasteiger partial charge in [0.25, 0.3) is 0 Å². The van der Waals surface area contributed by atoms with E-state index in [9.17, 15) is 4.79 Å². The van der Waals surface area contributed by atoms with Crippen LogP contribution in [0.5, 0.6) is 0 Å². The second kappa shape index (κ2) is 3.76. The van der Waals surface area contributed by atoms with Crippen molar-refractivity contribution in [2.24, 2.45) is 0 Å². The molecule has 0 aliphatic heterocycles. The lowest BCUT2D eigenvalue weighted by atomic mass is 9.99. The number of rotatable bonds is 3. The van der Waals surface area contributed by atoms with Gasteiger partial charge in [0.15, 0.2) is 0 Å². The van der Waals surface area contributed by atoms with Gasteiger partial charge in [-0.25, -0.2) is 4.79 Å². The first-order valence-corrected chi connectivity index (χ1v) is 4.19. The molecule has 0 aromatic rings. The molecule has 1 amide bonds. The predicted octanol–water partition coefficient (Wildman–Crippen LogP) is 1.21. The molecule has 1 aliphatic rings. The van der Waals surface area contributed by atoms with Crippen molar-refractivity contribution in [2.45, 2.75) is 31.2 Å². The van der Waals surface area contributed by atoms with Gasteiger partial charge in [0, 0.05) is 7.11 Å². The fourth-order valence-corrected chi connectivity index (χ4v) is 1.86. The minimum Gasteiger partial charge on any atom is -0.465 e. The number of amides is 1. The van der Waals surface area contributed by atoms with E-state index in [1.54, 1.807) is 7.11 Å². The highest BCUT2D eigenvalue weighted by Crippen LogP contribution is 2.29. The Hall–Kier alpha value is -0.770. The van der Waals surface area contributed by atoms with Gasteiger partial charge in [0.05, 0.1) is 12.1 Å². The van der Waals surface area contributed by atoms with E-state index in [0.29, 0.717) is 6.61 Å². The van der Waals surface area contributed by atoms with Crippen molar-refractivity contribution in [3.63, 3.8) is 0 Å². The van der Waals surface area contributed by atoms with Crippen LogP contribution in [0.3, 0.4) is 0 Å². The second-order valence-corrected chi connectivity index (χ2v) is 3.35. The van der Waals surface area contributed by atoms with Crippen molar-refractivity contribution in [1.82, 2.24) is 5.32 Å². The SMILES string of the molecule is COCC1(NC(=O)O)CCCC1. The summed E-state index contributed by atoms with van der Waals surface area (Å²) >= 11 is 0. The number of hydrogen-bond donors (Lipinski definition) is 2. The molecule has 2 N–H and O–H groups in total. The highest BCUT2D eigenvalue weighted by atomic mass is 16.5. The highest BCUT2D eigenvalue weighted by molar-refractivity contribution is 5.65. The number of carboxylic acid groups (broad SMARTS) is 1. The van der Waals surface area contributed by atoms with Gasteiger partial charge in [-0.1, -0.05) is 12.8 Å². The van der Waals surface area contributed by atoms with Crippen molar-refractivity contribution < 1.29 is 14.6 Å². The first-order chi connectivity index (χ1) is 5.68. The molecule has 0 aromatic heterocycles. The van der Waals surface area contributed by atoms with Crippen LogP contribution in [0.15, 0.2) is 0 Å². The van der Waals surface area contributed by atoms with Crippen LogP contribution in [0.4, 0.5) is 4.79 Å². The molecule has 4 nitrogen and oxygen atoms in total. The lowest BCUT2D eigenvalue weighted by molar-refractivity contribution is 0.105. The van der Waals surface area contributed by atoms with Crippen LogP contribution in [0, 0.1) is 0 Å². The Morgan fingerprint density at radius 1 is 1.58 bits per heavy atom. The smallest absolute Gasteiger partial charge is 0.405 e. The summed E-state index contributed by atoms with van der Waals surface area (Å²) in [6.45, 7) is 0.485. The van der Waals surface area contributed by atoms with E-state index in [1.165, 1.54) is 0 Å². The first kappa shape index (κ1) is 9.32. The van der Waals surface area contributed by atoms with Gasteiger partial charge in [-0.05, 0) is 12.8 Å². The molecule has 4 heteroatoms. The maximum absolute atomic E-state index is 10.5. The molecule has 0 unspecified atom stereocenters. The quantitative estimate of drug-likeness (QED) is 0.674. The molecule has 0 radical (unpaired) electrons. The number of nitrogens with one attached hydrogen (secondary N) is 1. The summed E-state index contributed by atoms with van der Waals surface area (Å²) in [5, 5.41) is 11.1. The first-order valence-electron chi connectivity index (χ1n) is 4.19. The highest BCUT2D eigenvalue weighted by Gasteiger charge is 2.35. The summed E-state index contributed by atoms with van der Waals surface area (Å²) in [5.41, 5.74) is -0.305. The molecule has 70 valence electrons. The van der Waals surface area contributed by atoms with E-state index in [2.05, 4.69) is 5.32 Å². The van der Waals surface area contributed by atoms with Gasteiger partial charge in [0.2, 0.25) is 0 Å². The molecule has 1 saturated carbocycles. The number of methoxy groups -OCH3 is 1. The third-order valence-electron chi connectivity index (χ3n) is 2.35. The third-order valence-corrected chi connectivity index (χ3v) is 2.35. The van der Waals surface area contributed by atoms with E-state index in [1.807, 2.05) is 0 Å². The van der Waals surface area contributed by atoms with Gasteiger partial charge in [0.1, 0.15) is 0 Å². The molecular weight excluding hydrogens is 158 g/mol. The van der Waals surface area contributed by atoms with E-state index in [-0.39, 0.29) is 5.54 Å². The molecule has 12 heavy (non-hydrogen) atoms. The average molecular weight is 173 g/mol. The third kappa shape index (κ3) is 2.11.